The number of para-hydroxylation sites is 1. The zero-order valence-electron chi connectivity index (χ0n) is 11.0. The quantitative estimate of drug-likeness (QED) is 0.911. The van der Waals surface area contributed by atoms with E-state index in [1.807, 2.05) is 18.2 Å². The summed E-state index contributed by atoms with van der Waals surface area (Å²) in [5.74, 6) is 2.38. The largest absolute Gasteiger partial charge is 0.392 e. The molecule has 2 aliphatic rings. The smallest absolute Gasteiger partial charge is 0.0705 e. The van der Waals surface area contributed by atoms with Gasteiger partial charge in [-0.05, 0) is 49.1 Å². The van der Waals surface area contributed by atoms with Gasteiger partial charge in [0.05, 0.1) is 11.6 Å². The van der Waals surface area contributed by atoms with Gasteiger partial charge in [0.15, 0.2) is 0 Å². The summed E-state index contributed by atoms with van der Waals surface area (Å²) in [5.41, 5.74) is 2.05. The highest BCUT2D eigenvalue weighted by molar-refractivity contribution is 5.78. The van der Waals surface area contributed by atoms with Gasteiger partial charge in [-0.1, -0.05) is 24.3 Å². The van der Waals surface area contributed by atoms with Gasteiger partial charge in [0, 0.05) is 17.5 Å². The summed E-state index contributed by atoms with van der Waals surface area (Å²) in [6, 6.07) is 12.3. The maximum atomic E-state index is 10.4. The lowest BCUT2D eigenvalue weighted by Crippen LogP contribution is -2.22. The molecular formula is C17H19NO. The molecule has 2 nitrogen and oxygen atoms in total. The Labute approximate surface area is 113 Å². The Hall–Kier alpha value is -1.41. The second-order valence-corrected chi connectivity index (χ2v) is 6.25. The molecule has 0 bridgehead atoms. The highest BCUT2D eigenvalue weighted by Crippen LogP contribution is 2.55. The molecule has 0 radical (unpaired) electrons. The standard InChI is InChI=1S/C17H19NO/c19-17(14-8-12-7-13(12)9-14)10-15-6-5-11-3-1-2-4-16(11)18-15/h1-6,12-14,17,19H,7-10H2. The summed E-state index contributed by atoms with van der Waals surface area (Å²) in [6.45, 7) is 0. The van der Waals surface area contributed by atoms with E-state index in [2.05, 4.69) is 23.2 Å². The Morgan fingerprint density at radius 1 is 1.05 bits per heavy atom. The molecule has 2 saturated carbocycles. The number of fused-ring (bicyclic) bond motifs is 2. The number of rotatable bonds is 3. The Kier molecular flexibility index (Phi) is 2.59. The third kappa shape index (κ3) is 2.14. The topological polar surface area (TPSA) is 33.1 Å². The van der Waals surface area contributed by atoms with Crippen LogP contribution in [0.4, 0.5) is 0 Å². The summed E-state index contributed by atoms with van der Waals surface area (Å²) in [7, 11) is 0. The van der Waals surface area contributed by atoms with Crippen LogP contribution in [0.1, 0.15) is 25.0 Å². The van der Waals surface area contributed by atoms with E-state index in [9.17, 15) is 5.11 Å². The summed E-state index contributed by atoms with van der Waals surface area (Å²) in [5, 5.41) is 11.5. The number of hydrogen-bond donors (Lipinski definition) is 1. The average Bonchev–Trinajstić information content (AvgIpc) is 3.05. The minimum Gasteiger partial charge on any atom is -0.392 e. The van der Waals surface area contributed by atoms with Crippen LogP contribution in [0.2, 0.25) is 0 Å². The Morgan fingerprint density at radius 2 is 1.84 bits per heavy atom. The van der Waals surface area contributed by atoms with Gasteiger partial charge in [0.2, 0.25) is 0 Å². The lowest BCUT2D eigenvalue weighted by molar-refractivity contribution is 0.103. The van der Waals surface area contributed by atoms with Crippen LogP contribution in [0.25, 0.3) is 10.9 Å². The molecule has 1 heterocycles. The third-order valence-electron chi connectivity index (χ3n) is 4.90. The molecule has 2 fully saturated rings. The summed E-state index contributed by atoms with van der Waals surface area (Å²) in [6.07, 6.45) is 4.38. The first-order valence-electron chi connectivity index (χ1n) is 7.32. The first-order chi connectivity index (χ1) is 9.29. The first-order valence-corrected chi connectivity index (χ1v) is 7.32. The maximum Gasteiger partial charge on any atom is 0.0705 e. The van der Waals surface area contributed by atoms with E-state index in [1.165, 1.54) is 24.6 Å². The van der Waals surface area contributed by atoms with Crippen LogP contribution in [-0.4, -0.2) is 16.2 Å². The first kappa shape index (κ1) is 11.4. The highest BCUT2D eigenvalue weighted by Gasteiger charge is 2.47. The van der Waals surface area contributed by atoms with Crippen LogP contribution < -0.4 is 0 Å². The van der Waals surface area contributed by atoms with Crippen molar-refractivity contribution in [3.05, 3.63) is 42.1 Å². The van der Waals surface area contributed by atoms with Crippen LogP contribution >= 0.6 is 0 Å². The van der Waals surface area contributed by atoms with Gasteiger partial charge in [-0.3, -0.25) is 4.98 Å². The van der Waals surface area contributed by atoms with Crippen molar-refractivity contribution in [2.24, 2.45) is 17.8 Å². The van der Waals surface area contributed by atoms with E-state index in [4.69, 9.17) is 0 Å². The van der Waals surface area contributed by atoms with Gasteiger partial charge < -0.3 is 5.11 Å². The minimum absolute atomic E-state index is 0.207. The number of benzene rings is 1. The van der Waals surface area contributed by atoms with Gasteiger partial charge in [-0.25, -0.2) is 0 Å². The average molecular weight is 253 g/mol. The van der Waals surface area contributed by atoms with Crippen molar-refractivity contribution in [3.8, 4) is 0 Å². The molecule has 1 N–H and O–H groups in total. The maximum absolute atomic E-state index is 10.4. The van der Waals surface area contributed by atoms with Crippen molar-refractivity contribution in [1.29, 1.82) is 0 Å². The normalized spacial score (nSPS) is 30.3. The molecule has 1 aromatic carbocycles. The van der Waals surface area contributed by atoms with E-state index < -0.39 is 0 Å². The van der Waals surface area contributed by atoms with Crippen molar-refractivity contribution in [1.82, 2.24) is 4.98 Å². The fraction of sp³-hybridized carbons (Fsp3) is 0.471. The van der Waals surface area contributed by atoms with Crippen LogP contribution in [0.3, 0.4) is 0 Å². The van der Waals surface area contributed by atoms with E-state index in [0.29, 0.717) is 12.3 Å². The van der Waals surface area contributed by atoms with Crippen LogP contribution in [0, 0.1) is 17.8 Å². The van der Waals surface area contributed by atoms with Crippen molar-refractivity contribution in [2.45, 2.75) is 31.8 Å². The zero-order valence-corrected chi connectivity index (χ0v) is 11.0. The minimum atomic E-state index is -0.207. The van der Waals surface area contributed by atoms with Crippen LogP contribution in [-0.2, 0) is 6.42 Å². The van der Waals surface area contributed by atoms with E-state index in [0.717, 1.165) is 23.0 Å². The lowest BCUT2D eigenvalue weighted by Gasteiger charge is -2.19. The molecule has 98 valence electrons. The molecule has 0 saturated heterocycles. The fourth-order valence-electron chi connectivity index (χ4n) is 3.68. The van der Waals surface area contributed by atoms with Gasteiger partial charge in [-0.2, -0.15) is 0 Å². The highest BCUT2D eigenvalue weighted by atomic mass is 16.3. The van der Waals surface area contributed by atoms with Gasteiger partial charge in [-0.15, -0.1) is 0 Å². The Balaban J connectivity index is 1.51. The molecule has 0 spiro atoms. The number of aromatic nitrogens is 1. The molecule has 0 amide bonds. The summed E-state index contributed by atoms with van der Waals surface area (Å²) in [4.78, 5) is 4.66. The Bertz CT molecular complexity index is 599. The lowest BCUT2D eigenvalue weighted by atomic mass is 9.93. The molecule has 1 aromatic heterocycles. The predicted molar refractivity (Wildman–Crippen MR) is 75.8 cm³/mol. The Morgan fingerprint density at radius 3 is 2.68 bits per heavy atom. The van der Waals surface area contributed by atoms with Crippen molar-refractivity contribution < 1.29 is 5.11 Å². The van der Waals surface area contributed by atoms with Crippen molar-refractivity contribution >= 4 is 10.9 Å². The zero-order chi connectivity index (χ0) is 12.8. The molecule has 2 aromatic rings. The van der Waals surface area contributed by atoms with E-state index >= 15 is 0 Å². The van der Waals surface area contributed by atoms with E-state index in [-0.39, 0.29) is 6.10 Å². The van der Waals surface area contributed by atoms with Gasteiger partial charge in [0.25, 0.3) is 0 Å². The fourth-order valence-corrected chi connectivity index (χ4v) is 3.68. The summed E-state index contributed by atoms with van der Waals surface area (Å²) >= 11 is 0. The summed E-state index contributed by atoms with van der Waals surface area (Å²) < 4.78 is 0. The SMILES string of the molecule is OC(Cc1ccc2ccccc2n1)C1CC2CC2C1. The number of aliphatic hydroxyl groups is 1. The molecule has 2 heteroatoms. The molecular weight excluding hydrogens is 234 g/mol. The number of pyridine rings is 1. The van der Waals surface area contributed by atoms with E-state index in [1.54, 1.807) is 0 Å². The number of nitrogens with zero attached hydrogens (tertiary/aromatic N) is 1. The molecule has 4 rings (SSSR count). The van der Waals surface area contributed by atoms with Gasteiger partial charge >= 0.3 is 0 Å². The van der Waals surface area contributed by atoms with Crippen LogP contribution in [0.15, 0.2) is 36.4 Å². The molecule has 19 heavy (non-hydrogen) atoms. The van der Waals surface area contributed by atoms with Gasteiger partial charge in [0.1, 0.15) is 0 Å². The second-order valence-electron chi connectivity index (χ2n) is 6.25. The number of hydrogen-bond acceptors (Lipinski definition) is 2. The molecule has 0 aliphatic heterocycles. The third-order valence-corrected chi connectivity index (χ3v) is 4.90. The molecule has 2 aliphatic carbocycles. The van der Waals surface area contributed by atoms with Crippen LogP contribution in [0.5, 0.6) is 0 Å². The molecule has 3 atom stereocenters. The number of aliphatic hydroxyl groups excluding tert-OH is 1. The second kappa shape index (κ2) is 4.31. The van der Waals surface area contributed by atoms with Crippen molar-refractivity contribution in [2.75, 3.05) is 0 Å². The molecule has 3 unspecified atom stereocenters. The predicted octanol–water partition coefficient (Wildman–Crippen LogP) is 3.18. The van der Waals surface area contributed by atoms with Crippen molar-refractivity contribution in [3.63, 3.8) is 0 Å². The monoisotopic (exact) mass is 253 g/mol.